The predicted molar refractivity (Wildman–Crippen MR) is 104 cm³/mol. The molecule has 3 rings (SSSR count). The summed E-state index contributed by atoms with van der Waals surface area (Å²) in [7, 11) is 0. The van der Waals surface area contributed by atoms with Gasteiger partial charge in [-0.25, -0.2) is 9.97 Å². The molecular formula is C21H19N5O. The van der Waals surface area contributed by atoms with E-state index in [0.29, 0.717) is 35.1 Å². The van der Waals surface area contributed by atoms with Crippen LogP contribution in [0.25, 0.3) is 0 Å². The highest BCUT2D eigenvalue weighted by atomic mass is 16.1. The third-order valence-electron chi connectivity index (χ3n) is 3.88. The number of hydrogen-bond acceptors (Lipinski definition) is 5. The average molecular weight is 357 g/mol. The van der Waals surface area contributed by atoms with E-state index < -0.39 is 0 Å². The van der Waals surface area contributed by atoms with Crippen LogP contribution in [0.5, 0.6) is 0 Å². The van der Waals surface area contributed by atoms with Crippen LogP contribution in [0.3, 0.4) is 0 Å². The summed E-state index contributed by atoms with van der Waals surface area (Å²) in [5, 5.41) is 14.9. The SMILES string of the molecule is Cc1cc(C(=O)NCCc2ccccc2)nc(Nc2cccc(C#N)c2)n1. The second-order valence-corrected chi connectivity index (χ2v) is 6.03. The van der Waals surface area contributed by atoms with Gasteiger partial charge >= 0.3 is 0 Å². The van der Waals surface area contributed by atoms with E-state index in [1.54, 1.807) is 31.2 Å². The summed E-state index contributed by atoms with van der Waals surface area (Å²) in [6, 6.07) is 20.7. The lowest BCUT2D eigenvalue weighted by Crippen LogP contribution is -2.27. The molecule has 3 aromatic rings. The Balaban J connectivity index is 1.67. The summed E-state index contributed by atoms with van der Waals surface area (Å²) in [6.07, 6.45) is 0.753. The number of nitrogens with one attached hydrogen (secondary N) is 2. The minimum Gasteiger partial charge on any atom is -0.350 e. The monoisotopic (exact) mass is 357 g/mol. The number of nitrogens with zero attached hydrogens (tertiary/aromatic N) is 3. The number of nitriles is 1. The van der Waals surface area contributed by atoms with E-state index in [0.717, 1.165) is 12.0 Å². The van der Waals surface area contributed by atoms with Gasteiger partial charge in [0.25, 0.3) is 5.91 Å². The van der Waals surface area contributed by atoms with E-state index in [9.17, 15) is 4.79 Å². The van der Waals surface area contributed by atoms with Crippen molar-refractivity contribution in [3.8, 4) is 6.07 Å². The lowest BCUT2D eigenvalue weighted by atomic mass is 10.1. The van der Waals surface area contributed by atoms with Crippen molar-refractivity contribution < 1.29 is 4.79 Å². The Morgan fingerprint density at radius 2 is 1.89 bits per heavy atom. The van der Waals surface area contributed by atoms with Gasteiger partial charge in [0.05, 0.1) is 11.6 Å². The standard InChI is InChI=1S/C21H19N5O/c1-15-12-19(20(27)23-11-10-16-6-3-2-4-7-16)26-21(24-15)25-18-9-5-8-17(13-18)14-22/h2-9,12-13H,10-11H2,1H3,(H,23,27)(H,24,25,26). The first kappa shape index (κ1) is 18.1. The Kier molecular flexibility index (Phi) is 5.75. The first-order chi connectivity index (χ1) is 13.1. The number of hydrogen-bond donors (Lipinski definition) is 2. The summed E-state index contributed by atoms with van der Waals surface area (Å²) < 4.78 is 0. The molecule has 0 unspecified atom stereocenters. The van der Waals surface area contributed by atoms with Gasteiger partial charge in [-0.1, -0.05) is 36.4 Å². The molecule has 0 saturated heterocycles. The number of aromatic nitrogens is 2. The molecule has 0 spiro atoms. The van der Waals surface area contributed by atoms with Crippen molar-refractivity contribution in [2.45, 2.75) is 13.3 Å². The molecule has 6 heteroatoms. The molecule has 0 radical (unpaired) electrons. The molecule has 0 atom stereocenters. The molecule has 0 fully saturated rings. The van der Waals surface area contributed by atoms with Gasteiger partial charge in [-0.3, -0.25) is 4.79 Å². The smallest absolute Gasteiger partial charge is 0.270 e. The zero-order valence-electron chi connectivity index (χ0n) is 14.9. The molecular weight excluding hydrogens is 338 g/mol. The minimum atomic E-state index is -0.245. The highest BCUT2D eigenvalue weighted by molar-refractivity contribution is 5.92. The fourth-order valence-electron chi connectivity index (χ4n) is 2.59. The van der Waals surface area contributed by atoms with E-state index in [-0.39, 0.29) is 5.91 Å². The van der Waals surface area contributed by atoms with Crippen LogP contribution in [-0.4, -0.2) is 22.4 Å². The van der Waals surface area contributed by atoms with E-state index >= 15 is 0 Å². The molecule has 1 heterocycles. The van der Waals surface area contributed by atoms with E-state index in [4.69, 9.17) is 5.26 Å². The lowest BCUT2D eigenvalue weighted by molar-refractivity contribution is 0.0949. The lowest BCUT2D eigenvalue weighted by Gasteiger charge is -2.09. The second-order valence-electron chi connectivity index (χ2n) is 6.03. The van der Waals surface area contributed by atoms with Crippen LogP contribution in [0.1, 0.15) is 27.3 Å². The third-order valence-corrected chi connectivity index (χ3v) is 3.88. The summed E-state index contributed by atoms with van der Waals surface area (Å²) >= 11 is 0. The van der Waals surface area contributed by atoms with Gasteiger partial charge in [-0.2, -0.15) is 5.26 Å². The van der Waals surface area contributed by atoms with Crippen molar-refractivity contribution in [2.75, 3.05) is 11.9 Å². The van der Waals surface area contributed by atoms with Gasteiger partial charge in [0.1, 0.15) is 5.69 Å². The Morgan fingerprint density at radius 1 is 1.07 bits per heavy atom. The highest BCUT2D eigenvalue weighted by Gasteiger charge is 2.10. The van der Waals surface area contributed by atoms with Crippen molar-refractivity contribution in [1.29, 1.82) is 5.26 Å². The number of carbonyl (C=O) groups excluding carboxylic acids is 1. The van der Waals surface area contributed by atoms with E-state index in [1.807, 2.05) is 36.4 Å². The summed E-state index contributed by atoms with van der Waals surface area (Å²) in [4.78, 5) is 21.0. The van der Waals surface area contributed by atoms with Crippen LogP contribution in [-0.2, 0) is 6.42 Å². The van der Waals surface area contributed by atoms with Crippen molar-refractivity contribution >= 4 is 17.5 Å². The van der Waals surface area contributed by atoms with Gasteiger partial charge in [0, 0.05) is 17.9 Å². The first-order valence-corrected chi connectivity index (χ1v) is 8.59. The molecule has 2 N–H and O–H groups in total. The van der Waals surface area contributed by atoms with Crippen molar-refractivity contribution in [2.24, 2.45) is 0 Å². The number of aryl methyl sites for hydroxylation is 1. The molecule has 0 bridgehead atoms. The normalized spacial score (nSPS) is 10.1. The fraction of sp³-hybridized carbons (Fsp3) is 0.143. The maximum absolute atomic E-state index is 12.4. The number of anilines is 2. The molecule has 2 aromatic carbocycles. The van der Waals surface area contributed by atoms with Gasteiger partial charge in [0.15, 0.2) is 0 Å². The third kappa shape index (κ3) is 5.13. The van der Waals surface area contributed by atoms with Crippen LogP contribution >= 0.6 is 0 Å². The van der Waals surface area contributed by atoms with E-state index in [2.05, 4.69) is 26.7 Å². The molecule has 6 nitrogen and oxygen atoms in total. The largest absolute Gasteiger partial charge is 0.350 e. The van der Waals surface area contributed by atoms with Gasteiger partial charge in [0.2, 0.25) is 5.95 Å². The summed E-state index contributed by atoms with van der Waals surface area (Å²) in [6.45, 7) is 2.33. The van der Waals surface area contributed by atoms with Gasteiger partial charge < -0.3 is 10.6 Å². The molecule has 134 valence electrons. The molecule has 27 heavy (non-hydrogen) atoms. The molecule has 1 aromatic heterocycles. The van der Waals surface area contributed by atoms with Crippen LogP contribution in [0, 0.1) is 18.3 Å². The Labute approximate surface area is 157 Å². The number of amides is 1. The van der Waals surface area contributed by atoms with Crippen LogP contribution in [0.15, 0.2) is 60.7 Å². The topological polar surface area (TPSA) is 90.7 Å². The van der Waals surface area contributed by atoms with Crippen molar-refractivity contribution in [1.82, 2.24) is 15.3 Å². The van der Waals surface area contributed by atoms with E-state index in [1.165, 1.54) is 0 Å². The van der Waals surface area contributed by atoms with Gasteiger partial charge in [-0.15, -0.1) is 0 Å². The van der Waals surface area contributed by atoms with Crippen molar-refractivity contribution in [3.05, 3.63) is 83.2 Å². The molecule has 0 aliphatic rings. The average Bonchev–Trinajstić information content (AvgIpc) is 2.68. The summed E-state index contributed by atoms with van der Waals surface area (Å²) in [5.41, 5.74) is 3.37. The molecule has 0 aliphatic carbocycles. The number of carbonyl (C=O) groups is 1. The summed E-state index contributed by atoms with van der Waals surface area (Å²) in [5.74, 6) is 0.0727. The van der Waals surface area contributed by atoms with Crippen molar-refractivity contribution in [3.63, 3.8) is 0 Å². The maximum Gasteiger partial charge on any atom is 0.270 e. The Bertz CT molecular complexity index is 979. The maximum atomic E-state index is 12.4. The molecule has 0 saturated carbocycles. The molecule has 1 amide bonds. The number of benzene rings is 2. The Morgan fingerprint density at radius 3 is 2.67 bits per heavy atom. The number of rotatable bonds is 6. The van der Waals surface area contributed by atoms with Crippen LogP contribution in [0.4, 0.5) is 11.6 Å². The first-order valence-electron chi connectivity index (χ1n) is 8.59. The second kappa shape index (κ2) is 8.59. The minimum absolute atomic E-state index is 0.245. The predicted octanol–water partition coefficient (Wildman–Crippen LogP) is 3.37. The fourth-order valence-corrected chi connectivity index (χ4v) is 2.59. The molecule has 0 aliphatic heterocycles. The van der Waals surface area contributed by atoms with Gasteiger partial charge in [-0.05, 0) is 43.2 Å². The van der Waals surface area contributed by atoms with Crippen LogP contribution in [0.2, 0.25) is 0 Å². The van der Waals surface area contributed by atoms with Crippen LogP contribution < -0.4 is 10.6 Å². The quantitative estimate of drug-likeness (QED) is 0.706. The Hall–Kier alpha value is -3.72. The zero-order valence-corrected chi connectivity index (χ0v) is 14.9. The highest BCUT2D eigenvalue weighted by Crippen LogP contribution is 2.15. The zero-order chi connectivity index (χ0) is 19.1.